The molecule has 0 amide bonds. The van der Waals surface area contributed by atoms with Crippen LogP contribution in [0.4, 0.5) is 5.82 Å². The van der Waals surface area contributed by atoms with Crippen LogP contribution < -0.4 is 5.73 Å². The van der Waals surface area contributed by atoms with Gasteiger partial charge in [0.15, 0.2) is 5.82 Å². The van der Waals surface area contributed by atoms with Gasteiger partial charge >= 0.3 is 0 Å². The fourth-order valence-corrected chi connectivity index (χ4v) is 2.92. The second kappa shape index (κ2) is 7.73. The summed E-state index contributed by atoms with van der Waals surface area (Å²) in [5.41, 5.74) is 9.25. The predicted octanol–water partition coefficient (Wildman–Crippen LogP) is 2.20. The quantitative estimate of drug-likeness (QED) is 0.477. The zero-order valence-electron chi connectivity index (χ0n) is 14.6. The molecule has 0 fully saturated rings. The molecule has 0 bridgehead atoms. The monoisotopic (exact) mass is 344 g/mol. The van der Waals surface area contributed by atoms with Crippen LogP contribution in [-0.4, -0.2) is 50.0 Å². The molecular formula is C17H24N6O2. The van der Waals surface area contributed by atoms with Crippen LogP contribution in [0.15, 0.2) is 18.3 Å². The Morgan fingerprint density at radius 3 is 2.88 bits per heavy atom. The van der Waals surface area contributed by atoms with Crippen molar-refractivity contribution in [1.82, 2.24) is 24.6 Å². The van der Waals surface area contributed by atoms with Crippen molar-refractivity contribution in [3.05, 3.63) is 24.2 Å². The maximum Gasteiger partial charge on any atom is 0.152 e. The fraction of sp³-hybridized carbons (Fsp3) is 0.471. The van der Waals surface area contributed by atoms with E-state index in [1.54, 1.807) is 13.2 Å². The van der Waals surface area contributed by atoms with Crippen LogP contribution in [0.2, 0.25) is 0 Å². The number of nitrogens with zero attached hydrogens (tertiary/aromatic N) is 5. The number of nitrogen functional groups attached to an aromatic ring is 1. The molecule has 3 N–H and O–H groups in total. The number of fused-ring (bicyclic) bond motifs is 3. The third kappa shape index (κ3) is 3.71. The second-order valence-corrected chi connectivity index (χ2v) is 5.97. The van der Waals surface area contributed by atoms with Crippen LogP contribution in [0, 0.1) is 0 Å². The number of imidazole rings is 1. The third-order valence-electron chi connectivity index (χ3n) is 4.09. The SMILES string of the molecule is CCOCc1nc2c(N)nc3cccnc3c2n1CCCCN(C)O. The Hall–Kier alpha value is -2.29. The van der Waals surface area contributed by atoms with Crippen molar-refractivity contribution in [2.24, 2.45) is 0 Å². The molecular weight excluding hydrogens is 320 g/mol. The molecule has 3 aromatic rings. The summed E-state index contributed by atoms with van der Waals surface area (Å²) in [5, 5.41) is 10.5. The average Bonchev–Trinajstić information content (AvgIpc) is 2.96. The molecule has 0 spiro atoms. The van der Waals surface area contributed by atoms with Gasteiger partial charge in [0, 0.05) is 32.9 Å². The number of aryl methyl sites for hydroxylation is 1. The van der Waals surface area contributed by atoms with Gasteiger partial charge in [0.25, 0.3) is 0 Å². The van der Waals surface area contributed by atoms with Crippen LogP contribution in [0.1, 0.15) is 25.6 Å². The molecule has 0 aliphatic rings. The van der Waals surface area contributed by atoms with Crippen molar-refractivity contribution in [3.63, 3.8) is 0 Å². The maximum absolute atomic E-state index is 9.29. The van der Waals surface area contributed by atoms with E-state index in [1.807, 2.05) is 19.1 Å². The fourth-order valence-electron chi connectivity index (χ4n) is 2.92. The number of pyridine rings is 2. The van der Waals surface area contributed by atoms with Crippen LogP contribution in [0.3, 0.4) is 0 Å². The lowest BCUT2D eigenvalue weighted by Gasteiger charge is -2.12. The summed E-state index contributed by atoms with van der Waals surface area (Å²) in [4.78, 5) is 13.6. The van der Waals surface area contributed by atoms with Gasteiger partial charge in [0.2, 0.25) is 0 Å². The highest BCUT2D eigenvalue weighted by Crippen LogP contribution is 2.28. The van der Waals surface area contributed by atoms with Crippen molar-refractivity contribution in [3.8, 4) is 0 Å². The van der Waals surface area contributed by atoms with Crippen LogP contribution in [-0.2, 0) is 17.9 Å². The van der Waals surface area contributed by atoms with Gasteiger partial charge in [-0.3, -0.25) is 4.98 Å². The number of hydrogen-bond acceptors (Lipinski definition) is 7. The normalized spacial score (nSPS) is 11.8. The number of anilines is 1. The van der Waals surface area contributed by atoms with E-state index in [4.69, 9.17) is 10.5 Å². The first-order chi connectivity index (χ1) is 12.1. The summed E-state index contributed by atoms with van der Waals surface area (Å²) < 4.78 is 7.69. The first kappa shape index (κ1) is 17.5. The summed E-state index contributed by atoms with van der Waals surface area (Å²) in [7, 11) is 1.65. The maximum atomic E-state index is 9.29. The largest absolute Gasteiger partial charge is 0.382 e. The van der Waals surface area contributed by atoms with E-state index in [1.165, 1.54) is 5.06 Å². The van der Waals surface area contributed by atoms with Gasteiger partial charge in [-0.25, -0.2) is 9.97 Å². The number of ether oxygens (including phenoxy) is 1. The van der Waals surface area contributed by atoms with E-state index >= 15 is 0 Å². The van der Waals surface area contributed by atoms with Gasteiger partial charge in [-0.15, -0.1) is 0 Å². The van der Waals surface area contributed by atoms with Crippen molar-refractivity contribution < 1.29 is 9.94 Å². The topological polar surface area (TPSA) is 102 Å². The lowest BCUT2D eigenvalue weighted by atomic mass is 10.2. The number of aromatic nitrogens is 4. The third-order valence-corrected chi connectivity index (χ3v) is 4.09. The van der Waals surface area contributed by atoms with Crippen LogP contribution in [0.25, 0.3) is 22.1 Å². The molecule has 0 aliphatic heterocycles. The zero-order chi connectivity index (χ0) is 17.8. The molecule has 0 aliphatic carbocycles. The van der Waals surface area contributed by atoms with Gasteiger partial charge in [0.1, 0.15) is 29.0 Å². The minimum atomic E-state index is 0.405. The molecule has 0 radical (unpaired) electrons. The highest BCUT2D eigenvalue weighted by molar-refractivity contribution is 6.04. The summed E-state index contributed by atoms with van der Waals surface area (Å²) >= 11 is 0. The van der Waals surface area contributed by atoms with Crippen LogP contribution in [0.5, 0.6) is 0 Å². The summed E-state index contributed by atoms with van der Waals surface area (Å²) in [6.45, 7) is 4.36. The number of unbranched alkanes of at least 4 members (excludes halogenated alkanes) is 1. The average molecular weight is 344 g/mol. The van der Waals surface area contributed by atoms with Gasteiger partial charge < -0.3 is 20.2 Å². The first-order valence-electron chi connectivity index (χ1n) is 8.49. The molecule has 3 aromatic heterocycles. The van der Waals surface area contributed by atoms with Gasteiger partial charge in [-0.1, -0.05) is 0 Å². The summed E-state index contributed by atoms with van der Waals surface area (Å²) in [6, 6.07) is 3.75. The molecule has 0 atom stereocenters. The Kier molecular flexibility index (Phi) is 5.42. The predicted molar refractivity (Wildman–Crippen MR) is 96.2 cm³/mol. The van der Waals surface area contributed by atoms with E-state index < -0.39 is 0 Å². The van der Waals surface area contributed by atoms with Crippen molar-refractivity contribution in [1.29, 1.82) is 0 Å². The molecule has 0 saturated heterocycles. The number of hydrogen-bond donors (Lipinski definition) is 2. The van der Waals surface area contributed by atoms with E-state index in [9.17, 15) is 5.21 Å². The molecule has 134 valence electrons. The lowest BCUT2D eigenvalue weighted by Crippen LogP contribution is -2.15. The number of nitrogens with two attached hydrogens (primary N) is 1. The molecule has 8 nitrogen and oxygen atoms in total. The minimum Gasteiger partial charge on any atom is -0.382 e. The number of rotatable bonds is 8. The second-order valence-electron chi connectivity index (χ2n) is 5.97. The van der Waals surface area contributed by atoms with Gasteiger partial charge in [-0.2, -0.15) is 5.06 Å². The number of hydroxylamine groups is 2. The molecule has 0 unspecified atom stereocenters. The molecule has 25 heavy (non-hydrogen) atoms. The zero-order valence-corrected chi connectivity index (χ0v) is 14.6. The molecule has 3 rings (SSSR count). The standard InChI is InChI=1S/C17H24N6O2/c1-3-25-11-13-21-15-16(23(13)10-5-4-9-22(2)24)14-12(20-17(15)18)7-6-8-19-14/h6-8,24H,3-5,9-11H2,1-2H3,(H2,18,20). The molecule has 3 heterocycles. The summed E-state index contributed by atoms with van der Waals surface area (Å²) in [6.07, 6.45) is 3.51. The Labute approximate surface area is 146 Å². The van der Waals surface area contributed by atoms with Gasteiger partial charge in [0.05, 0.1) is 5.52 Å². The van der Waals surface area contributed by atoms with Gasteiger partial charge in [-0.05, 0) is 31.9 Å². The van der Waals surface area contributed by atoms with Crippen LogP contribution >= 0.6 is 0 Å². The lowest BCUT2D eigenvalue weighted by molar-refractivity contribution is -0.0656. The molecule has 8 heteroatoms. The van der Waals surface area contributed by atoms with E-state index in [0.717, 1.165) is 41.8 Å². The highest BCUT2D eigenvalue weighted by Gasteiger charge is 2.17. The minimum absolute atomic E-state index is 0.405. The Balaban J connectivity index is 2.05. The molecule has 0 saturated carbocycles. The Morgan fingerprint density at radius 2 is 2.12 bits per heavy atom. The Bertz CT molecular complexity index is 861. The highest BCUT2D eigenvalue weighted by atomic mass is 16.5. The van der Waals surface area contributed by atoms with E-state index in [0.29, 0.717) is 31.1 Å². The van der Waals surface area contributed by atoms with Crippen molar-refractivity contribution >= 4 is 27.9 Å². The molecule has 0 aromatic carbocycles. The van der Waals surface area contributed by atoms with E-state index in [2.05, 4.69) is 19.5 Å². The van der Waals surface area contributed by atoms with Crippen molar-refractivity contribution in [2.45, 2.75) is 32.9 Å². The Morgan fingerprint density at radius 1 is 1.28 bits per heavy atom. The van der Waals surface area contributed by atoms with Crippen molar-refractivity contribution in [2.75, 3.05) is 25.9 Å². The smallest absolute Gasteiger partial charge is 0.152 e. The van der Waals surface area contributed by atoms with E-state index in [-0.39, 0.29) is 0 Å². The summed E-state index contributed by atoms with van der Waals surface area (Å²) in [5.74, 6) is 1.22. The first-order valence-corrected chi connectivity index (χ1v) is 8.49.